The molecule has 0 bridgehead atoms. The maximum Gasteiger partial charge on any atom is 0.537 e. The normalized spacial score (nSPS) is 15.2. The number of phosphoric ester groups is 2. The number of rotatable bonds is 6. The van der Waals surface area contributed by atoms with Gasteiger partial charge in [0.2, 0.25) is 0 Å². The molecule has 13 heteroatoms. The molecule has 2 heterocycles. The zero-order valence-electron chi connectivity index (χ0n) is 17.1. The standard InChI is InChI=1S/C20H16O11P2/c1-11-7-19(21)27-17-9-13(3-5-15(11)17)29-32(23,24)31-33(25,26)30-14-4-6-16-12(2)8-20(22)28-18(16)10-14/h3-10H,1-2H3,(H,23,24)(H,25,26). The van der Waals surface area contributed by atoms with Gasteiger partial charge in [0.05, 0.1) is 0 Å². The minimum atomic E-state index is -5.17. The van der Waals surface area contributed by atoms with Crippen LogP contribution >= 0.6 is 15.6 Å². The van der Waals surface area contributed by atoms with Crippen molar-refractivity contribution in [3.8, 4) is 11.5 Å². The van der Waals surface area contributed by atoms with E-state index in [1.807, 2.05) is 0 Å². The van der Waals surface area contributed by atoms with Gasteiger partial charge in [-0.25, -0.2) is 18.7 Å². The first kappa shape index (κ1) is 23.0. The summed E-state index contributed by atoms with van der Waals surface area (Å²) in [6, 6.07) is 10.4. The van der Waals surface area contributed by atoms with E-state index in [9.17, 15) is 28.5 Å². The van der Waals surface area contributed by atoms with E-state index < -0.39 is 26.9 Å². The Balaban J connectivity index is 1.54. The van der Waals surface area contributed by atoms with Crippen molar-refractivity contribution >= 4 is 37.6 Å². The minimum Gasteiger partial charge on any atom is -0.423 e. The summed E-state index contributed by atoms with van der Waals surface area (Å²) in [5, 5.41) is 1.12. The van der Waals surface area contributed by atoms with Crippen LogP contribution in [0.25, 0.3) is 21.9 Å². The van der Waals surface area contributed by atoms with Crippen LogP contribution in [0.5, 0.6) is 11.5 Å². The smallest absolute Gasteiger partial charge is 0.423 e. The third-order valence-electron chi connectivity index (χ3n) is 4.49. The molecule has 2 aromatic heterocycles. The summed E-state index contributed by atoms with van der Waals surface area (Å²) in [6.07, 6.45) is 0. The van der Waals surface area contributed by atoms with E-state index in [0.29, 0.717) is 21.9 Å². The van der Waals surface area contributed by atoms with Crippen LogP contribution < -0.4 is 20.3 Å². The van der Waals surface area contributed by atoms with E-state index in [2.05, 4.69) is 4.31 Å². The molecule has 11 nitrogen and oxygen atoms in total. The Labute approximate surface area is 185 Å². The zero-order valence-corrected chi connectivity index (χ0v) is 18.9. The van der Waals surface area contributed by atoms with E-state index in [0.717, 1.165) is 12.1 Å². The highest BCUT2D eigenvalue weighted by Gasteiger charge is 2.38. The Bertz CT molecular complexity index is 1480. The van der Waals surface area contributed by atoms with Gasteiger partial charge in [-0.1, -0.05) is 0 Å². The predicted molar refractivity (Wildman–Crippen MR) is 116 cm³/mol. The van der Waals surface area contributed by atoms with Crippen LogP contribution in [0.4, 0.5) is 0 Å². The van der Waals surface area contributed by atoms with Crippen LogP contribution in [0.2, 0.25) is 0 Å². The summed E-state index contributed by atoms with van der Waals surface area (Å²) in [6.45, 7) is 3.36. The summed E-state index contributed by atoms with van der Waals surface area (Å²) in [7, 11) is -10.3. The zero-order chi connectivity index (χ0) is 24.0. The van der Waals surface area contributed by atoms with Crippen LogP contribution in [0.3, 0.4) is 0 Å². The van der Waals surface area contributed by atoms with Crippen molar-refractivity contribution in [2.45, 2.75) is 13.8 Å². The fourth-order valence-electron chi connectivity index (χ4n) is 3.15. The SMILES string of the molecule is Cc1cc(=O)oc2cc(OP(=O)(O)OP(=O)(O)Oc3ccc4c(C)cc(=O)oc4c3)ccc12. The summed E-state index contributed by atoms with van der Waals surface area (Å²) in [5.74, 6) is -0.518. The van der Waals surface area contributed by atoms with Gasteiger partial charge in [-0.2, -0.15) is 4.31 Å². The Morgan fingerprint density at radius 2 is 1.09 bits per heavy atom. The molecule has 4 aromatic rings. The molecule has 2 N–H and O–H groups in total. The molecule has 0 saturated carbocycles. The molecule has 0 saturated heterocycles. The molecule has 2 unspecified atom stereocenters. The van der Waals surface area contributed by atoms with Crippen molar-refractivity contribution < 1.29 is 41.1 Å². The van der Waals surface area contributed by atoms with Crippen molar-refractivity contribution in [2.24, 2.45) is 0 Å². The highest BCUT2D eigenvalue weighted by molar-refractivity contribution is 7.61. The molecule has 0 amide bonds. The van der Waals surface area contributed by atoms with Crippen molar-refractivity contribution in [2.75, 3.05) is 0 Å². The molecule has 0 spiro atoms. The van der Waals surface area contributed by atoms with E-state index in [4.69, 9.17) is 17.9 Å². The topological polar surface area (TPSA) is 163 Å². The second-order valence-corrected chi connectivity index (χ2v) is 9.91. The van der Waals surface area contributed by atoms with E-state index in [1.165, 1.54) is 36.4 Å². The van der Waals surface area contributed by atoms with Crippen LogP contribution in [-0.4, -0.2) is 9.79 Å². The highest BCUT2D eigenvalue weighted by atomic mass is 31.3. The number of benzene rings is 2. The monoisotopic (exact) mass is 494 g/mol. The molecule has 33 heavy (non-hydrogen) atoms. The largest absolute Gasteiger partial charge is 0.537 e. The van der Waals surface area contributed by atoms with Gasteiger partial charge in [0.1, 0.15) is 22.7 Å². The Morgan fingerprint density at radius 3 is 1.48 bits per heavy atom. The Morgan fingerprint density at radius 1 is 0.697 bits per heavy atom. The number of hydrogen-bond donors (Lipinski definition) is 2. The van der Waals surface area contributed by atoms with Gasteiger partial charge in [-0.15, -0.1) is 0 Å². The van der Waals surface area contributed by atoms with Crippen molar-refractivity contribution in [1.82, 2.24) is 0 Å². The van der Waals surface area contributed by atoms with E-state index in [1.54, 1.807) is 13.8 Å². The van der Waals surface area contributed by atoms with Gasteiger partial charge in [-0.05, 0) is 49.2 Å². The number of aryl methyl sites for hydroxylation is 2. The molecule has 0 fully saturated rings. The fourth-order valence-corrected chi connectivity index (χ4v) is 5.22. The van der Waals surface area contributed by atoms with Gasteiger partial charge in [-0.3, -0.25) is 9.79 Å². The first-order valence-electron chi connectivity index (χ1n) is 9.26. The van der Waals surface area contributed by atoms with E-state index >= 15 is 0 Å². The summed E-state index contributed by atoms with van der Waals surface area (Å²) in [5.41, 5.74) is 0.130. The van der Waals surface area contributed by atoms with Gasteiger partial charge >= 0.3 is 26.9 Å². The summed E-state index contributed by atoms with van der Waals surface area (Å²) < 4.78 is 48.6. The average Bonchev–Trinajstić information content (AvgIpc) is 2.65. The van der Waals surface area contributed by atoms with Crippen LogP contribution in [0.1, 0.15) is 11.1 Å². The number of fused-ring (bicyclic) bond motifs is 2. The fraction of sp³-hybridized carbons (Fsp3) is 0.100. The first-order valence-corrected chi connectivity index (χ1v) is 12.3. The highest BCUT2D eigenvalue weighted by Crippen LogP contribution is 2.60. The number of phosphoric acid groups is 2. The Kier molecular flexibility index (Phi) is 5.78. The minimum absolute atomic E-state index is 0.0777. The second kappa shape index (κ2) is 8.30. The first-order chi connectivity index (χ1) is 15.4. The third-order valence-corrected chi connectivity index (χ3v) is 7.03. The molecular weight excluding hydrogens is 478 g/mol. The van der Waals surface area contributed by atoms with Gasteiger partial charge in [0.25, 0.3) is 0 Å². The maximum atomic E-state index is 12.3. The Hall–Kier alpha value is -3.20. The number of hydrogen-bond acceptors (Lipinski definition) is 9. The molecule has 0 aliphatic carbocycles. The molecule has 0 aliphatic rings. The van der Waals surface area contributed by atoms with Crippen molar-refractivity contribution in [1.29, 1.82) is 0 Å². The molecule has 2 aromatic carbocycles. The lowest BCUT2D eigenvalue weighted by molar-refractivity contribution is 0.234. The average molecular weight is 494 g/mol. The lowest BCUT2D eigenvalue weighted by Crippen LogP contribution is -2.02. The molecule has 0 aliphatic heterocycles. The van der Waals surface area contributed by atoms with Crippen LogP contribution in [-0.2, 0) is 13.4 Å². The molecule has 172 valence electrons. The van der Waals surface area contributed by atoms with Crippen molar-refractivity contribution in [3.63, 3.8) is 0 Å². The summed E-state index contributed by atoms with van der Waals surface area (Å²) in [4.78, 5) is 43.0. The van der Waals surface area contributed by atoms with Crippen LogP contribution in [0.15, 0.2) is 67.0 Å². The van der Waals surface area contributed by atoms with Gasteiger partial charge in [0.15, 0.2) is 0 Å². The second-order valence-electron chi connectivity index (χ2n) is 7.01. The van der Waals surface area contributed by atoms with Gasteiger partial charge in [0, 0.05) is 35.0 Å². The van der Waals surface area contributed by atoms with Crippen molar-refractivity contribution in [3.05, 3.63) is 80.5 Å². The quantitative estimate of drug-likeness (QED) is 0.292. The molecule has 0 radical (unpaired) electrons. The predicted octanol–water partition coefficient (Wildman–Crippen LogP) is 4.19. The molecule has 4 rings (SSSR count). The third kappa shape index (κ3) is 5.24. The lowest BCUT2D eigenvalue weighted by Gasteiger charge is -2.17. The summed E-state index contributed by atoms with van der Waals surface area (Å²) >= 11 is 0. The van der Waals surface area contributed by atoms with Gasteiger partial charge < -0.3 is 17.9 Å². The maximum absolute atomic E-state index is 12.3. The van der Waals surface area contributed by atoms with E-state index in [-0.39, 0.29) is 22.7 Å². The molecule has 2 atom stereocenters. The lowest BCUT2D eigenvalue weighted by atomic mass is 10.1. The molecular formula is C20H16O11P2. The van der Waals surface area contributed by atoms with Crippen LogP contribution in [0, 0.1) is 13.8 Å².